The number of aromatic nitrogens is 3. The van der Waals surface area contributed by atoms with E-state index in [-0.39, 0.29) is 17.7 Å². The number of rotatable bonds is 9. The van der Waals surface area contributed by atoms with Crippen LogP contribution in [0.25, 0.3) is 0 Å². The molecule has 1 aromatic carbocycles. The number of urea groups is 1. The van der Waals surface area contributed by atoms with Crippen molar-refractivity contribution >= 4 is 23.7 Å². The Kier molecular flexibility index (Phi) is 8.28. The Hall–Kier alpha value is -2.39. The Balaban J connectivity index is 2.00. The van der Waals surface area contributed by atoms with Gasteiger partial charge in [-0.05, 0) is 19.4 Å². The van der Waals surface area contributed by atoms with Crippen molar-refractivity contribution in [3.05, 3.63) is 41.7 Å². The number of nitrogens with zero attached hydrogens (tertiary/aromatic N) is 3. The van der Waals surface area contributed by atoms with Crippen LogP contribution in [0.3, 0.4) is 0 Å². The third-order valence-corrected chi connectivity index (χ3v) is 4.49. The molecule has 0 aliphatic heterocycles. The zero-order valence-electron chi connectivity index (χ0n) is 15.8. The summed E-state index contributed by atoms with van der Waals surface area (Å²) in [5.41, 5.74) is 1.13. The monoisotopic (exact) mass is 391 g/mol. The largest absolute Gasteiger partial charge is 0.383 e. The molecule has 0 unspecified atom stereocenters. The van der Waals surface area contributed by atoms with Gasteiger partial charge in [0.2, 0.25) is 5.91 Å². The maximum Gasteiger partial charge on any atom is 0.321 e. The predicted octanol–water partition coefficient (Wildman–Crippen LogP) is 1.84. The predicted molar refractivity (Wildman–Crippen MR) is 104 cm³/mol. The number of carbonyl (C=O) groups is 2. The van der Waals surface area contributed by atoms with E-state index < -0.39 is 6.03 Å². The fraction of sp³-hybridized carbons (Fsp3) is 0.444. The lowest BCUT2D eigenvalue weighted by molar-refractivity contribution is -0.117. The first-order chi connectivity index (χ1) is 13.0. The van der Waals surface area contributed by atoms with E-state index in [2.05, 4.69) is 20.8 Å². The Bertz CT molecular complexity index is 749. The van der Waals surface area contributed by atoms with Crippen molar-refractivity contribution in [1.29, 1.82) is 0 Å². The normalized spacial score (nSPS) is 10.8. The lowest BCUT2D eigenvalue weighted by Gasteiger charge is -2.10. The van der Waals surface area contributed by atoms with Crippen molar-refractivity contribution in [3.63, 3.8) is 0 Å². The third kappa shape index (κ3) is 7.03. The molecule has 27 heavy (non-hydrogen) atoms. The van der Waals surface area contributed by atoms with Gasteiger partial charge in [-0.1, -0.05) is 42.1 Å². The minimum Gasteiger partial charge on any atom is -0.383 e. The standard InChI is InChI=1S/C18H25N5O3S/c1-13(2)19-17(25)20-16(24)12-27-18-22-21-15(23(18)9-10-26-3)11-14-7-5-4-6-8-14/h4-8,13H,9-12H2,1-3H3,(H2,19,20,24,25). The smallest absolute Gasteiger partial charge is 0.321 e. The van der Waals surface area contributed by atoms with E-state index in [1.807, 2.05) is 48.7 Å². The van der Waals surface area contributed by atoms with E-state index in [0.717, 1.165) is 11.4 Å². The van der Waals surface area contributed by atoms with Crippen LogP contribution in [0.5, 0.6) is 0 Å². The SMILES string of the molecule is COCCn1c(Cc2ccccc2)nnc1SCC(=O)NC(=O)NC(C)C. The number of hydrogen-bond donors (Lipinski definition) is 2. The summed E-state index contributed by atoms with van der Waals surface area (Å²) in [5, 5.41) is 14.0. The van der Waals surface area contributed by atoms with Gasteiger partial charge in [-0.15, -0.1) is 10.2 Å². The molecule has 1 heterocycles. The van der Waals surface area contributed by atoms with Crippen molar-refractivity contribution < 1.29 is 14.3 Å². The van der Waals surface area contributed by atoms with Gasteiger partial charge in [0.25, 0.3) is 0 Å². The van der Waals surface area contributed by atoms with Crippen LogP contribution in [0, 0.1) is 0 Å². The number of hydrogen-bond acceptors (Lipinski definition) is 6. The Morgan fingerprint density at radius 2 is 1.96 bits per heavy atom. The summed E-state index contributed by atoms with van der Waals surface area (Å²) < 4.78 is 7.12. The van der Waals surface area contributed by atoms with Crippen molar-refractivity contribution in [1.82, 2.24) is 25.4 Å². The van der Waals surface area contributed by atoms with Crippen LogP contribution in [0.1, 0.15) is 25.2 Å². The van der Waals surface area contributed by atoms with E-state index in [0.29, 0.717) is 24.7 Å². The highest BCUT2D eigenvalue weighted by atomic mass is 32.2. The van der Waals surface area contributed by atoms with Crippen molar-refractivity contribution in [2.24, 2.45) is 0 Å². The summed E-state index contributed by atoms with van der Waals surface area (Å²) in [6, 6.07) is 9.45. The molecule has 0 atom stereocenters. The van der Waals surface area contributed by atoms with Gasteiger partial charge in [0, 0.05) is 26.1 Å². The molecule has 0 fully saturated rings. The molecule has 9 heteroatoms. The Morgan fingerprint density at radius 3 is 2.63 bits per heavy atom. The zero-order chi connectivity index (χ0) is 19.6. The first-order valence-corrected chi connectivity index (χ1v) is 9.66. The molecule has 0 bridgehead atoms. The molecule has 0 spiro atoms. The van der Waals surface area contributed by atoms with Crippen molar-refractivity contribution in [3.8, 4) is 0 Å². The van der Waals surface area contributed by atoms with Crippen LogP contribution in [0.4, 0.5) is 4.79 Å². The highest BCUT2D eigenvalue weighted by molar-refractivity contribution is 7.99. The molecule has 0 aliphatic rings. The number of benzene rings is 1. The van der Waals surface area contributed by atoms with Crippen LogP contribution in [0.2, 0.25) is 0 Å². The highest BCUT2D eigenvalue weighted by Crippen LogP contribution is 2.18. The Labute approximate surface area is 163 Å². The second-order valence-corrected chi connectivity index (χ2v) is 7.11. The average Bonchev–Trinajstić information content (AvgIpc) is 2.99. The number of methoxy groups -OCH3 is 1. The van der Waals surface area contributed by atoms with Crippen LogP contribution >= 0.6 is 11.8 Å². The van der Waals surface area contributed by atoms with Crippen LogP contribution in [-0.2, 0) is 22.5 Å². The fourth-order valence-corrected chi connectivity index (χ4v) is 3.12. The van der Waals surface area contributed by atoms with Gasteiger partial charge in [0.15, 0.2) is 5.16 Å². The molecule has 0 aliphatic carbocycles. The minimum absolute atomic E-state index is 0.0388. The maximum absolute atomic E-state index is 12.0. The van der Waals surface area contributed by atoms with Gasteiger partial charge in [0.05, 0.1) is 12.4 Å². The van der Waals surface area contributed by atoms with E-state index in [9.17, 15) is 9.59 Å². The number of nitrogens with one attached hydrogen (secondary N) is 2. The van der Waals surface area contributed by atoms with Crippen LogP contribution in [-0.4, -0.2) is 52.2 Å². The lowest BCUT2D eigenvalue weighted by Crippen LogP contribution is -2.43. The quantitative estimate of drug-likeness (QED) is 0.633. The number of ether oxygens (including phenoxy) is 1. The fourth-order valence-electron chi connectivity index (χ4n) is 2.33. The second kappa shape index (κ2) is 10.7. The molecule has 2 N–H and O–H groups in total. The second-order valence-electron chi connectivity index (χ2n) is 6.17. The first kappa shape index (κ1) is 20.9. The van der Waals surface area contributed by atoms with Gasteiger partial charge < -0.3 is 14.6 Å². The molecule has 0 saturated heterocycles. The highest BCUT2D eigenvalue weighted by Gasteiger charge is 2.16. The summed E-state index contributed by atoms with van der Waals surface area (Å²) in [5.74, 6) is 0.491. The topological polar surface area (TPSA) is 98.1 Å². The lowest BCUT2D eigenvalue weighted by atomic mass is 10.1. The summed E-state index contributed by atoms with van der Waals surface area (Å²) >= 11 is 1.24. The average molecular weight is 391 g/mol. The summed E-state index contributed by atoms with van der Waals surface area (Å²) in [4.78, 5) is 23.5. The van der Waals surface area contributed by atoms with E-state index in [1.165, 1.54) is 11.8 Å². The molecule has 0 saturated carbocycles. The molecule has 2 rings (SSSR count). The molecule has 1 aromatic heterocycles. The van der Waals surface area contributed by atoms with Crippen molar-refractivity contribution in [2.75, 3.05) is 19.5 Å². The zero-order valence-corrected chi connectivity index (χ0v) is 16.6. The van der Waals surface area contributed by atoms with Gasteiger partial charge in [-0.2, -0.15) is 0 Å². The summed E-state index contributed by atoms with van der Waals surface area (Å²) in [6.07, 6.45) is 0.640. The molecular formula is C18H25N5O3S. The number of imide groups is 1. The number of amides is 3. The van der Waals surface area contributed by atoms with Gasteiger partial charge in [0.1, 0.15) is 5.82 Å². The molecule has 0 radical (unpaired) electrons. The molecule has 3 amide bonds. The summed E-state index contributed by atoms with van der Waals surface area (Å²) in [7, 11) is 1.63. The van der Waals surface area contributed by atoms with Crippen LogP contribution in [0.15, 0.2) is 35.5 Å². The minimum atomic E-state index is -0.499. The molecular weight excluding hydrogens is 366 g/mol. The molecule has 2 aromatic rings. The van der Waals surface area contributed by atoms with E-state index in [4.69, 9.17) is 4.74 Å². The van der Waals surface area contributed by atoms with Crippen molar-refractivity contribution in [2.45, 2.75) is 38.0 Å². The first-order valence-electron chi connectivity index (χ1n) is 8.67. The number of thioether (sulfide) groups is 1. The van der Waals surface area contributed by atoms with Crippen LogP contribution < -0.4 is 10.6 Å². The molecule has 146 valence electrons. The van der Waals surface area contributed by atoms with Gasteiger partial charge in [-0.25, -0.2) is 4.79 Å². The maximum atomic E-state index is 12.0. The van der Waals surface area contributed by atoms with E-state index in [1.54, 1.807) is 7.11 Å². The summed E-state index contributed by atoms with van der Waals surface area (Å²) in [6.45, 7) is 4.75. The van der Waals surface area contributed by atoms with Gasteiger partial charge >= 0.3 is 6.03 Å². The molecule has 8 nitrogen and oxygen atoms in total. The Morgan fingerprint density at radius 1 is 1.22 bits per heavy atom. The van der Waals surface area contributed by atoms with E-state index >= 15 is 0 Å². The number of carbonyl (C=O) groups excluding carboxylic acids is 2. The van der Waals surface area contributed by atoms with Gasteiger partial charge in [-0.3, -0.25) is 10.1 Å². The third-order valence-electron chi connectivity index (χ3n) is 3.52.